The molecule has 2 rings (SSSR count). The number of nitrogens with two attached hydrogens (primary N) is 1. The maximum absolute atomic E-state index is 12.4. The highest BCUT2D eigenvalue weighted by Crippen LogP contribution is 2.39. The minimum absolute atomic E-state index is 0.115. The quantitative estimate of drug-likeness (QED) is 0.840. The molecule has 6 nitrogen and oxygen atoms in total. The average molecular weight is 294 g/mol. The SMILES string of the molecule is COCC(N)c1ccc2c(c1)N(CCO)C(=O)C(C)(C)O2. The summed E-state index contributed by atoms with van der Waals surface area (Å²) in [6.45, 7) is 3.93. The van der Waals surface area contributed by atoms with E-state index in [0.29, 0.717) is 18.0 Å². The summed E-state index contributed by atoms with van der Waals surface area (Å²) in [5, 5.41) is 9.22. The fraction of sp³-hybridized carbons (Fsp3) is 0.533. The molecule has 0 fully saturated rings. The van der Waals surface area contributed by atoms with Gasteiger partial charge in [-0.05, 0) is 31.5 Å². The zero-order chi connectivity index (χ0) is 15.6. The van der Waals surface area contributed by atoms with Gasteiger partial charge in [-0.1, -0.05) is 6.07 Å². The number of nitrogens with zero attached hydrogens (tertiary/aromatic N) is 1. The van der Waals surface area contributed by atoms with Crippen LogP contribution in [0.1, 0.15) is 25.5 Å². The van der Waals surface area contributed by atoms with E-state index in [4.69, 9.17) is 15.2 Å². The van der Waals surface area contributed by atoms with Gasteiger partial charge >= 0.3 is 0 Å². The number of aliphatic hydroxyl groups excluding tert-OH is 1. The predicted octanol–water partition coefficient (Wildman–Crippen LogP) is 0.829. The number of β-amino-alcohol motifs (C(OH)–C–C–N with tert-alkyl or cyclic N) is 1. The first kappa shape index (κ1) is 15.8. The summed E-state index contributed by atoms with van der Waals surface area (Å²) in [5.74, 6) is 0.433. The second-order valence-electron chi connectivity index (χ2n) is 5.58. The van der Waals surface area contributed by atoms with Crippen LogP contribution in [0.15, 0.2) is 18.2 Å². The van der Waals surface area contributed by atoms with Crippen molar-refractivity contribution >= 4 is 11.6 Å². The van der Waals surface area contributed by atoms with E-state index in [1.54, 1.807) is 31.9 Å². The third-order valence-corrected chi connectivity index (χ3v) is 3.50. The largest absolute Gasteiger partial charge is 0.476 e. The Morgan fingerprint density at radius 2 is 2.19 bits per heavy atom. The van der Waals surface area contributed by atoms with Crippen LogP contribution in [0.25, 0.3) is 0 Å². The number of ether oxygens (including phenoxy) is 2. The topological polar surface area (TPSA) is 85.0 Å². The molecule has 1 atom stereocenters. The van der Waals surface area contributed by atoms with E-state index in [2.05, 4.69) is 0 Å². The Labute approximate surface area is 124 Å². The van der Waals surface area contributed by atoms with E-state index in [0.717, 1.165) is 5.56 Å². The van der Waals surface area contributed by atoms with Crippen molar-refractivity contribution in [3.8, 4) is 5.75 Å². The van der Waals surface area contributed by atoms with Gasteiger partial charge in [0.2, 0.25) is 0 Å². The molecule has 0 bridgehead atoms. The van der Waals surface area contributed by atoms with Gasteiger partial charge < -0.3 is 25.2 Å². The number of hydrogen-bond acceptors (Lipinski definition) is 5. The van der Waals surface area contributed by atoms with Gasteiger partial charge in [0.25, 0.3) is 5.91 Å². The lowest BCUT2D eigenvalue weighted by atomic mass is 10.0. The van der Waals surface area contributed by atoms with Crippen molar-refractivity contribution in [1.29, 1.82) is 0 Å². The molecule has 21 heavy (non-hydrogen) atoms. The van der Waals surface area contributed by atoms with Crippen LogP contribution in [0.5, 0.6) is 5.75 Å². The monoisotopic (exact) mass is 294 g/mol. The van der Waals surface area contributed by atoms with Gasteiger partial charge in [-0.15, -0.1) is 0 Å². The number of methoxy groups -OCH3 is 1. The maximum Gasteiger partial charge on any atom is 0.270 e. The molecule has 0 aromatic heterocycles. The fourth-order valence-electron chi connectivity index (χ4n) is 2.41. The van der Waals surface area contributed by atoms with Crippen molar-refractivity contribution in [1.82, 2.24) is 0 Å². The number of anilines is 1. The number of carbonyl (C=O) groups excluding carboxylic acids is 1. The maximum atomic E-state index is 12.4. The number of aliphatic hydroxyl groups is 1. The van der Waals surface area contributed by atoms with Crippen LogP contribution < -0.4 is 15.4 Å². The molecule has 1 aliphatic heterocycles. The number of fused-ring (bicyclic) bond motifs is 1. The Kier molecular flexibility index (Phi) is 4.51. The van der Waals surface area contributed by atoms with Crippen LogP contribution >= 0.6 is 0 Å². The van der Waals surface area contributed by atoms with Crippen molar-refractivity contribution in [3.05, 3.63) is 23.8 Å². The van der Waals surface area contributed by atoms with Crippen LogP contribution in [0.3, 0.4) is 0 Å². The van der Waals surface area contributed by atoms with Gasteiger partial charge in [0.05, 0.1) is 24.9 Å². The average Bonchev–Trinajstić information content (AvgIpc) is 2.43. The van der Waals surface area contributed by atoms with Gasteiger partial charge in [0, 0.05) is 13.7 Å². The molecule has 116 valence electrons. The second-order valence-corrected chi connectivity index (χ2v) is 5.58. The summed E-state index contributed by atoms with van der Waals surface area (Å²) < 4.78 is 10.8. The lowest BCUT2D eigenvalue weighted by molar-refractivity contribution is -0.132. The Morgan fingerprint density at radius 1 is 1.48 bits per heavy atom. The lowest BCUT2D eigenvalue weighted by Gasteiger charge is -2.39. The first-order chi connectivity index (χ1) is 9.90. The molecule has 1 unspecified atom stereocenters. The molecule has 0 saturated heterocycles. The summed E-state index contributed by atoms with van der Waals surface area (Å²) >= 11 is 0. The van der Waals surface area contributed by atoms with Crippen LogP contribution in [-0.4, -0.2) is 43.5 Å². The van der Waals surface area contributed by atoms with Crippen molar-refractivity contribution in [3.63, 3.8) is 0 Å². The third-order valence-electron chi connectivity index (χ3n) is 3.50. The molecule has 1 aliphatic rings. The molecule has 1 aromatic rings. The minimum Gasteiger partial charge on any atom is -0.476 e. The predicted molar refractivity (Wildman–Crippen MR) is 79.4 cm³/mol. The molecule has 1 amide bonds. The van der Waals surface area contributed by atoms with Gasteiger partial charge in [-0.3, -0.25) is 4.79 Å². The molecule has 0 saturated carbocycles. The van der Waals surface area contributed by atoms with Crippen LogP contribution in [-0.2, 0) is 9.53 Å². The third kappa shape index (κ3) is 3.02. The van der Waals surface area contributed by atoms with Crippen LogP contribution in [0.4, 0.5) is 5.69 Å². The van der Waals surface area contributed by atoms with E-state index in [1.807, 2.05) is 12.1 Å². The Hall–Kier alpha value is -1.63. The fourth-order valence-corrected chi connectivity index (χ4v) is 2.41. The zero-order valence-electron chi connectivity index (χ0n) is 12.6. The van der Waals surface area contributed by atoms with E-state index in [-0.39, 0.29) is 25.1 Å². The van der Waals surface area contributed by atoms with E-state index in [1.165, 1.54) is 0 Å². The number of rotatable bonds is 5. The van der Waals surface area contributed by atoms with Crippen molar-refractivity contribution in [2.24, 2.45) is 5.73 Å². The second kappa shape index (κ2) is 6.01. The molecule has 0 spiro atoms. The molecular formula is C15H22N2O4. The summed E-state index contributed by atoms with van der Waals surface area (Å²) in [4.78, 5) is 14.0. The molecule has 3 N–H and O–H groups in total. The standard InChI is InChI=1S/C15H22N2O4/c1-15(2)14(19)17(6-7-18)12-8-10(11(16)9-20-3)4-5-13(12)21-15/h4-5,8,11,18H,6-7,9,16H2,1-3H3. The number of amides is 1. The van der Waals surface area contributed by atoms with E-state index < -0.39 is 5.60 Å². The van der Waals surface area contributed by atoms with Gasteiger partial charge in [-0.2, -0.15) is 0 Å². The number of carbonyl (C=O) groups is 1. The summed E-state index contributed by atoms with van der Waals surface area (Å²) in [7, 11) is 1.59. The first-order valence-electron chi connectivity index (χ1n) is 6.91. The number of hydrogen-bond donors (Lipinski definition) is 2. The lowest BCUT2D eigenvalue weighted by Crippen LogP contribution is -2.53. The summed E-state index contributed by atoms with van der Waals surface area (Å²) in [6.07, 6.45) is 0. The van der Waals surface area contributed by atoms with Crippen molar-refractivity contribution in [2.45, 2.75) is 25.5 Å². The van der Waals surface area contributed by atoms with Crippen LogP contribution in [0, 0.1) is 0 Å². The summed E-state index contributed by atoms with van der Waals surface area (Å²) in [6, 6.07) is 5.22. The smallest absolute Gasteiger partial charge is 0.270 e. The van der Waals surface area contributed by atoms with E-state index >= 15 is 0 Å². The highest BCUT2D eigenvalue weighted by molar-refractivity contribution is 6.02. The van der Waals surface area contributed by atoms with Crippen molar-refractivity contribution in [2.75, 3.05) is 31.8 Å². The summed E-state index contributed by atoms with van der Waals surface area (Å²) in [5.41, 5.74) is 6.57. The highest BCUT2D eigenvalue weighted by atomic mass is 16.5. The van der Waals surface area contributed by atoms with Gasteiger partial charge in [0.15, 0.2) is 5.60 Å². The first-order valence-corrected chi connectivity index (χ1v) is 6.91. The normalized spacial score (nSPS) is 18.1. The van der Waals surface area contributed by atoms with E-state index in [9.17, 15) is 9.90 Å². The Balaban J connectivity index is 2.42. The van der Waals surface area contributed by atoms with Gasteiger partial charge in [0.1, 0.15) is 5.75 Å². The highest BCUT2D eigenvalue weighted by Gasteiger charge is 2.40. The molecular weight excluding hydrogens is 272 g/mol. The van der Waals surface area contributed by atoms with Crippen LogP contribution in [0.2, 0.25) is 0 Å². The molecule has 0 radical (unpaired) electrons. The molecule has 0 aliphatic carbocycles. The van der Waals surface area contributed by atoms with Gasteiger partial charge in [-0.25, -0.2) is 0 Å². The Bertz CT molecular complexity index is 530. The minimum atomic E-state index is -0.946. The zero-order valence-corrected chi connectivity index (χ0v) is 12.6. The molecule has 1 heterocycles. The Morgan fingerprint density at radius 3 is 2.81 bits per heavy atom. The number of benzene rings is 1. The van der Waals surface area contributed by atoms with Crippen molar-refractivity contribution < 1.29 is 19.4 Å². The molecule has 1 aromatic carbocycles. The molecule has 6 heteroatoms.